The first-order valence-electron chi connectivity index (χ1n) is 11.7. The number of hydrogen-bond donors (Lipinski definition) is 0. The number of carbonyl (C=O) groups excluding carboxylic acids is 2. The van der Waals surface area contributed by atoms with Crippen molar-refractivity contribution in [1.82, 2.24) is 0 Å². The molecule has 1 saturated heterocycles. The first-order chi connectivity index (χ1) is 14.6. The molecule has 31 heavy (non-hydrogen) atoms. The average molecular weight is 427 g/mol. The van der Waals surface area contributed by atoms with Crippen LogP contribution in [-0.2, 0) is 31.9 Å². The number of Topliss-reactive ketones (excluding diaryl/α,β-unsaturated/α-hetero) is 1. The van der Waals surface area contributed by atoms with Crippen molar-refractivity contribution < 1.29 is 19.1 Å². The number of allylic oxidation sites excluding steroid dienone is 2. The number of ketones is 1. The Bertz CT molecular complexity index is 854. The lowest BCUT2D eigenvalue weighted by Gasteiger charge is -2.41. The lowest BCUT2D eigenvalue weighted by molar-refractivity contribution is -0.142. The third-order valence-electron chi connectivity index (χ3n) is 6.55. The molecule has 1 spiro atoms. The average Bonchev–Trinajstić information content (AvgIpc) is 2.67. The molecule has 0 aromatic heterocycles. The maximum absolute atomic E-state index is 13.7. The lowest BCUT2D eigenvalue weighted by Crippen LogP contribution is -2.37. The highest BCUT2D eigenvalue weighted by atomic mass is 16.5. The second-order valence-corrected chi connectivity index (χ2v) is 10.6. The van der Waals surface area contributed by atoms with Crippen LogP contribution >= 0.6 is 0 Å². The second kappa shape index (κ2) is 9.28. The highest BCUT2D eigenvalue weighted by Gasteiger charge is 2.43. The number of carbonyl (C=O) groups is 2. The van der Waals surface area contributed by atoms with Gasteiger partial charge in [0, 0.05) is 26.1 Å². The van der Waals surface area contributed by atoms with E-state index in [1.165, 1.54) is 5.56 Å². The molecule has 0 radical (unpaired) electrons. The highest BCUT2D eigenvalue weighted by molar-refractivity contribution is 6.23. The zero-order valence-electron chi connectivity index (χ0n) is 20.2. The van der Waals surface area contributed by atoms with Crippen molar-refractivity contribution in [2.24, 2.45) is 10.8 Å². The molecule has 2 aliphatic rings. The van der Waals surface area contributed by atoms with Gasteiger partial charge < -0.3 is 9.47 Å². The molecule has 0 amide bonds. The minimum Gasteiger partial charge on any atom is -0.430 e. The third kappa shape index (κ3) is 5.46. The summed E-state index contributed by atoms with van der Waals surface area (Å²) in [5.74, 6) is 0.445. The minimum absolute atomic E-state index is 0.111. The van der Waals surface area contributed by atoms with Gasteiger partial charge in [0.05, 0.1) is 12.0 Å². The second-order valence-electron chi connectivity index (χ2n) is 10.6. The molecule has 0 atom stereocenters. The van der Waals surface area contributed by atoms with Crippen LogP contribution in [-0.4, -0.2) is 25.0 Å². The van der Waals surface area contributed by atoms with Crippen LogP contribution in [0.1, 0.15) is 89.0 Å². The first-order valence-corrected chi connectivity index (χ1v) is 11.7. The summed E-state index contributed by atoms with van der Waals surface area (Å²) in [6, 6.07) is 4.34. The van der Waals surface area contributed by atoms with E-state index < -0.39 is 0 Å². The Labute approximate surface area is 187 Å². The van der Waals surface area contributed by atoms with Crippen LogP contribution in [0.25, 0.3) is 5.57 Å². The van der Waals surface area contributed by atoms with Gasteiger partial charge in [-0.25, -0.2) is 0 Å². The monoisotopic (exact) mass is 426 g/mol. The molecule has 1 heterocycles. The Morgan fingerprint density at radius 1 is 1.06 bits per heavy atom. The number of benzene rings is 1. The van der Waals surface area contributed by atoms with Gasteiger partial charge in [-0.3, -0.25) is 9.59 Å². The van der Waals surface area contributed by atoms with Gasteiger partial charge in [0.15, 0.2) is 5.78 Å². The molecule has 1 aliphatic heterocycles. The van der Waals surface area contributed by atoms with Gasteiger partial charge in [-0.15, -0.1) is 0 Å². The summed E-state index contributed by atoms with van der Waals surface area (Å²) in [5.41, 5.74) is 4.85. The Morgan fingerprint density at radius 2 is 1.65 bits per heavy atom. The number of esters is 1. The fraction of sp³-hybridized carbons (Fsp3) is 0.630. The molecule has 1 aromatic carbocycles. The van der Waals surface area contributed by atoms with Gasteiger partial charge in [0.1, 0.15) is 5.76 Å². The SMILES string of the molecule is CCc1cc(C)cc(CC)c1C1=C(OC(=O)CC(C)(C)C)CC2(CCOCC2)CC1=O. The molecule has 4 heteroatoms. The normalized spacial score (nSPS) is 19.1. The molecule has 0 bridgehead atoms. The molecule has 4 nitrogen and oxygen atoms in total. The van der Waals surface area contributed by atoms with Crippen molar-refractivity contribution in [3.63, 3.8) is 0 Å². The third-order valence-corrected chi connectivity index (χ3v) is 6.55. The van der Waals surface area contributed by atoms with Crippen LogP contribution in [0.4, 0.5) is 0 Å². The van der Waals surface area contributed by atoms with Crippen molar-refractivity contribution in [3.8, 4) is 0 Å². The summed E-state index contributed by atoms with van der Waals surface area (Å²) in [6.07, 6.45) is 4.80. The Hall–Kier alpha value is -1.94. The van der Waals surface area contributed by atoms with Crippen molar-refractivity contribution in [2.45, 2.75) is 86.5 Å². The molecule has 1 aliphatic carbocycles. The van der Waals surface area contributed by atoms with Gasteiger partial charge in [-0.05, 0) is 60.1 Å². The van der Waals surface area contributed by atoms with Gasteiger partial charge in [-0.2, -0.15) is 0 Å². The van der Waals surface area contributed by atoms with Crippen LogP contribution in [0.2, 0.25) is 0 Å². The molecular formula is C27H38O4. The van der Waals surface area contributed by atoms with Crippen LogP contribution in [0.3, 0.4) is 0 Å². The zero-order chi connectivity index (χ0) is 22.8. The van der Waals surface area contributed by atoms with Gasteiger partial charge >= 0.3 is 5.97 Å². The van der Waals surface area contributed by atoms with Crippen molar-refractivity contribution in [1.29, 1.82) is 0 Å². The first kappa shape index (κ1) is 23.7. The number of aryl methyl sites for hydroxylation is 3. The molecule has 170 valence electrons. The van der Waals surface area contributed by atoms with Crippen molar-refractivity contribution in [2.75, 3.05) is 13.2 Å². The van der Waals surface area contributed by atoms with E-state index in [1.54, 1.807) is 0 Å². The van der Waals surface area contributed by atoms with E-state index in [9.17, 15) is 9.59 Å². The number of rotatable bonds is 5. The largest absolute Gasteiger partial charge is 0.430 e. The number of ether oxygens (including phenoxy) is 2. The standard InChI is InChI=1S/C27H38O4/c1-7-19-13-18(3)14-20(8-2)24(19)25-21(28)15-27(9-11-30-12-10-27)16-22(25)31-23(29)17-26(4,5)6/h13-14H,7-12,15-17H2,1-6H3. The van der Waals surface area contributed by atoms with E-state index >= 15 is 0 Å². The summed E-state index contributed by atoms with van der Waals surface area (Å²) in [5, 5.41) is 0. The smallest absolute Gasteiger partial charge is 0.311 e. The molecule has 0 unspecified atom stereocenters. The maximum atomic E-state index is 13.7. The van der Waals surface area contributed by atoms with Crippen LogP contribution in [0.5, 0.6) is 0 Å². The summed E-state index contributed by atoms with van der Waals surface area (Å²) < 4.78 is 11.6. The predicted molar refractivity (Wildman–Crippen MR) is 124 cm³/mol. The van der Waals surface area contributed by atoms with Crippen LogP contribution in [0, 0.1) is 17.8 Å². The van der Waals surface area contributed by atoms with Crippen LogP contribution in [0.15, 0.2) is 17.9 Å². The van der Waals surface area contributed by atoms with Crippen molar-refractivity contribution >= 4 is 17.3 Å². The Balaban J connectivity index is 2.14. The number of hydrogen-bond acceptors (Lipinski definition) is 4. The van der Waals surface area contributed by atoms with E-state index in [-0.39, 0.29) is 22.6 Å². The lowest BCUT2D eigenvalue weighted by atomic mass is 9.67. The summed E-state index contributed by atoms with van der Waals surface area (Å²) >= 11 is 0. The fourth-order valence-electron chi connectivity index (χ4n) is 5.03. The maximum Gasteiger partial charge on any atom is 0.311 e. The fourth-order valence-corrected chi connectivity index (χ4v) is 5.03. The van der Waals surface area contributed by atoms with Crippen molar-refractivity contribution in [3.05, 3.63) is 40.1 Å². The Morgan fingerprint density at radius 3 is 2.16 bits per heavy atom. The van der Waals surface area contributed by atoms with E-state index in [1.807, 2.05) is 20.8 Å². The predicted octanol–water partition coefficient (Wildman–Crippen LogP) is 5.97. The minimum atomic E-state index is -0.250. The van der Waals surface area contributed by atoms with E-state index in [4.69, 9.17) is 9.47 Å². The topological polar surface area (TPSA) is 52.6 Å². The molecule has 1 fully saturated rings. The van der Waals surface area contributed by atoms with Crippen LogP contribution < -0.4 is 0 Å². The summed E-state index contributed by atoms with van der Waals surface area (Å²) in [7, 11) is 0. The van der Waals surface area contributed by atoms with Gasteiger partial charge in [-0.1, -0.05) is 52.3 Å². The van der Waals surface area contributed by atoms with Gasteiger partial charge in [0.2, 0.25) is 0 Å². The summed E-state index contributed by atoms with van der Waals surface area (Å²) in [4.78, 5) is 26.5. The van der Waals surface area contributed by atoms with Gasteiger partial charge in [0.25, 0.3) is 0 Å². The molecule has 3 rings (SSSR count). The highest BCUT2D eigenvalue weighted by Crippen LogP contribution is 2.48. The molecular weight excluding hydrogens is 388 g/mol. The van der Waals surface area contributed by atoms with E-state index in [0.29, 0.717) is 43.8 Å². The zero-order valence-corrected chi connectivity index (χ0v) is 20.2. The van der Waals surface area contributed by atoms with E-state index in [0.717, 1.165) is 42.4 Å². The summed E-state index contributed by atoms with van der Waals surface area (Å²) in [6.45, 7) is 13.8. The Kier molecular flexibility index (Phi) is 7.10. The molecule has 0 saturated carbocycles. The molecule has 0 N–H and O–H groups in total. The quantitative estimate of drug-likeness (QED) is 0.544. The van der Waals surface area contributed by atoms with E-state index in [2.05, 4.69) is 32.9 Å². The molecule has 1 aromatic rings.